The van der Waals surface area contributed by atoms with E-state index in [9.17, 15) is 18.8 Å². The number of ether oxygens (including phenoxy) is 3. The zero-order valence-corrected chi connectivity index (χ0v) is 19.5. The molecule has 0 N–H and O–H groups in total. The fourth-order valence-electron chi connectivity index (χ4n) is 2.54. The molecule has 0 unspecified atom stereocenters. The van der Waals surface area contributed by atoms with Gasteiger partial charge in [0.1, 0.15) is 6.61 Å². The number of halogens is 1. The van der Waals surface area contributed by atoms with Gasteiger partial charge in [0.05, 0.1) is 39.6 Å². The number of unbranched alkanes of at least 4 members (excludes halogenated alkanes) is 4. The Morgan fingerprint density at radius 2 is 1.13 bits per heavy atom. The topological polar surface area (TPSA) is 82.1 Å². The Bertz CT molecular complexity index is 447. The van der Waals surface area contributed by atoms with Crippen molar-refractivity contribution >= 4 is 43.1 Å². The van der Waals surface area contributed by atoms with E-state index < -0.39 is 12.6 Å². The van der Waals surface area contributed by atoms with Crippen LogP contribution in [0.15, 0.2) is 0 Å². The first-order valence-electron chi connectivity index (χ1n) is 10.5. The number of amides is 2. The summed E-state index contributed by atoms with van der Waals surface area (Å²) in [5, 5.41) is 0. The van der Waals surface area contributed by atoms with Crippen molar-refractivity contribution in [2.75, 3.05) is 57.7 Å². The molecular formula is C20H36FNO6S2. The highest BCUT2D eigenvalue weighted by Crippen LogP contribution is 2.09. The van der Waals surface area contributed by atoms with Crippen LogP contribution in [-0.4, -0.2) is 80.4 Å². The second-order valence-corrected chi connectivity index (χ2v) is 7.53. The molecule has 0 rings (SSSR count). The third-order valence-corrected chi connectivity index (χ3v) is 4.75. The van der Waals surface area contributed by atoms with Gasteiger partial charge in [0.15, 0.2) is 0 Å². The molecule has 0 aromatic rings. The van der Waals surface area contributed by atoms with Gasteiger partial charge in [-0.15, -0.1) is 0 Å². The van der Waals surface area contributed by atoms with Crippen LogP contribution >= 0.6 is 25.3 Å². The van der Waals surface area contributed by atoms with E-state index in [2.05, 4.69) is 25.3 Å². The molecule has 0 saturated heterocycles. The SMILES string of the molecule is O=C(F)COCCOCCOCCN(C(=O)CCCCCS)C(=O)CCCCCS. The molecule has 0 saturated carbocycles. The summed E-state index contributed by atoms with van der Waals surface area (Å²) in [4.78, 5) is 36.3. The van der Waals surface area contributed by atoms with Crippen LogP contribution in [0.4, 0.5) is 4.39 Å². The first-order valence-corrected chi connectivity index (χ1v) is 11.8. The van der Waals surface area contributed by atoms with Gasteiger partial charge in [0, 0.05) is 12.8 Å². The van der Waals surface area contributed by atoms with Gasteiger partial charge in [0.25, 0.3) is 0 Å². The lowest BCUT2D eigenvalue weighted by Gasteiger charge is -2.21. The molecular weight excluding hydrogens is 433 g/mol. The van der Waals surface area contributed by atoms with Crippen LogP contribution in [0, 0.1) is 0 Å². The van der Waals surface area contributed by atoms with Gasteiger partial charge in [-0.05, 0) is 37.2 Å². The monoisotopic (exact) mass is 469 g/mol. The van der Waals surface area contributed by atoms with E-state index >= 15 is 0 Å². The molecule has 0 aliphatic rings. The van der Waals surface area contributed by atoms with E-state index in [-0.39, 0.29) is 38.2 Å². The van der Waals surface area contributed by atoms with Crippen molar-refractivity contribution < 1.29 is 33.0 Å². The van der Waals surface area contributed by atoms with Gasteiger partial charge < -0.3 is 14.2 Å². The lowest BCUT2D eigenvalue weighted by Crippen LogP contribution is -2.39. The fourth-order valence-corrected chi connectivity index (χ4v) is 2.98. The van der Waals surface area contributed by atoms with E-state index in [1.54, 1.807) is 0 Å². The molecule has 0 heterocycles. The molecule has 0 bridgehead atoms. The standard InChI is InChI=1S/C20H36FNO6S2/c21-18(23)17-28-14-13-27-12-11-26-10-9-22(19(24)7-3-1-5-15-29)20(25)8-4-2-6-16-30/h29-30H,1-17H2. The highest BCUT2D eigenvalue weighted by molar-refractivity contribution is 7.80. The van der Waals surface area contributed by atoms with Crippen molar-refractivity contribution in [1.82, 2.24) is 4.90 Å². The number of hydrogen-bond donors (Lipinski definition) is 2. The average Bonchev–Trinajstić information content (AvgIpc) is 2.72. The molecule has 176 valence electrons. The molecule has 0 atom stereocenters. The van der Waals surface area contributed by atoms with Gasteiger partial charge in [-0.3, -0.25) is 19.3 Å². The summed E-state index contributed by atoms with van der Waals surface area (Å²) in [6, 6.07) is -1.52. The molecule has 0 aromatic heterocycles. The summed E-state index contributed by atoms with van der Waals surface area (Å²) in [6.45, 7) is 0.816. The number of hydrogen-bond acceptors (Lipinski definition) is 8. The Balaban J connectivity index is 4.12. The summed E-state index contributed by atoms with van der Waals surface area (Å²) in [7, 11) is 0. The Hall–Kier alpha value is -0.680. The van der Waals surface area contributed by atoms with E-state index in [1.807, 2.05) is 0 Å². The molecule has 0 aliphatic carbocycles. The predicted molar refractivity (Wildman–Crippen MR) is 120 cm³/mol. The molecule has 0 spiro atoms. The minimum Gasteiger partial charge on any atom is -0.377 e. The lowest BCUT2D eigenvalue weighted by atomic mass is 10.1. The minimum absolute atomic E-state index is 0.118. The van der Waals surface area contributed by atoms with Crippen LogP contribution in [0.1, 0.15) is 51.4 Å². The van der Waals surface area contributed by atoms with Crippen LogP contribution in [0.2, 0.25) is 0 Å². The Labute approximate surface area is 190 Å². The summed E-state index contributed by atoms with van der Waals surface area (Å²) in [5.74, 6) is 1.26. The van der Waals surface area contributed by atoms with Gasteiger partial charge in [-0.2, -0.15) is 29.6 Å². The van der Waals surface area contributed by atoms with E-state index in [4.69, 9.17) is 14.2 Å². The molecule has 0 aromatic carbocycles. The van der Waals surface area contributed by atoms with Crippen LogP contribution in [0.25, 0.3) is 0 Å². The maximum absolute atomic E-state index is 12.5. The third-order valence-electron chi connectivity index (χ3n) is 4.12. The number of rotatable bonds is 21. The van der Waals surface area contributed by atoms with Gasteiger partial charge in [0.2, 0.25) is 11.8 Å². The molecule has 2 amide bonds. The van der Waals surface area contributed by atoms with E-state index in [0.717, 1.165) is 50.0 Å². The number of thiol groups is 2. The normalized spacial score (nSPS) is 10.9. The number of imide groups is 1. The molecule has 0 fully saturated rings. The summed E-state index contributed by atoms with van der Waals surface area (Å²) >= 11 is 8.33. The molecule has 10 heteroatoms. The largest absolute Gasteiger partial charge is 0.377 e. The number of nitrogens with zero attached hydrogens (tertiary/aromatic N) is 1. The van der Waals surface area contributed by atoms with Crippen molar-refractivity contribution in [3.05, 3.63) is 0 Å². The van der Waals surface area contributed by atoms with Crippen LogP contribution < -0.4 is 0 Å². The summed E-state index contributed by atoms with van der Waals surface area (Å²) in [6.07, 6.45) is 5.91. The van der Waals surface area contributed by atoms with Crippen molar-refractivity contribution in [2.45, 2.75) is 51.4 Å². The van der Waals surface area contributed by atoms with Crippen molar-refractivity contribution in [2.24, 2.45) is 0 Å². The first-order chi connectivity index (χ1) is 14.5. The van der Waals surface area contributed by atoms with Gasteiger partial charge in [-0.1, -0.05) is 12.8 Å². The smallest absolute Gasteiger partial charge is 0.326 e. The second-order valence-electron chi connectivity index (χ2n) is 6.64. The second kappa shape index (κ2) is 21.5. The third kappa shape index (κ3) is 18.1. The quantitative estimate of drug-likeness (QED) is 0.153. The highest BCUT2D eigenvalue weighted by atomic mass is 32.1. The summed E-state index contributed by atoms with van der Waals surface area (Å²) in [5.41, 5.74) is 0. The Kier molecular flexibility index (Phi) is 21.1. The van der Waals surface area contributed by atoms with E-state index in [1.165, 1.54) is 4.90 Å². The minimum atomic E-state index is -1.52. The molecule has 7 nitrogen and oxygen atoms in total. The Morgan fingerprint density at radius 1 is 0.667 bits per heavy atom. The van der Waals surface area contributed by atoms with Crippen molar-refractivity contribution in [3.8, 4) is 0 Å². The predicted octanol–water partition coefficient (Wildman–Crippen LogP) is 2.87. The van der Waals surface area contributed by atoms with Crippen molar-refractivity contribution in [1.29, 1.82) is 0 Å². The number of carbonyl (C=O) groups excluding carboxylic acids is 3. The highest BCUT2D eigenvalue weighted by Gasteiger charge is 2.20. The molecule has 0 radical (unpaired) electrons. The fraction of sp³-hybridized carbons (Fsp3) is 0.850. The first kappa shape index (κ1) is 29.3. The maximum Gasteiger partial charge on any atom is 0.326 e. The van der Waals surface area contributed by atoms with Crippen LogP contribution in [0.5, 0.6) is 0 Å². The van der Waals surface area contributed by atoms with Gasteiger partial charge in [-0.25, -0.2) is 0 Å². The van der Waals surface area contributed by atoms with E-state index in [0.29, 0.717) is 26.1 Å². The zero-order chi connectivity index (χ0) is 22.5. The maximum atomic E-state index is 12.5. The molecule has 0 aliphatic heterocycles. The average molecular weight is 470 g/mol. The Morgan fingerprint density at radius 3 is 1.60 bits per heavy atom. The zero-order valence-electron chi connectivity index (χ0n) is 17.7. The van der Waals surface area contributed by atoms with Crippen molar-refractivity contribution in [3.63, 3.8) is 0 Å². The lowest BCUT2D eigenvalue weighted by molar-refractivity contribution is -0.146. The molecule has 30 heavy (non-hydrogen) atoms. The van der Waals surface area contributed by atoms with Gasteiger partial charge >= 0.3 is 6.04 Å². The summed E-state index contributed by atoms with van der Waals surface area (Å²) < 4.78 is 27.3. The van der Waals surface area contributed by atoms with Crippen LogP contribution in [-0.2, 0) is 28.6 Å². The number of carbonyl (C=O) groups is 3. The van der Waals surface area contributed by atoms with Crippen LogP contribution in [0.3, 0.4) is 0 Å².